The number of anilines is 1. The molecular formula is C12H19N5O2. The zero-order chi connectivity index (χ0) is 13.2. The minimum Gasteiger partial charge on any atom is -0.374 e. The fourth-order valence-electron chi connectivity index (χ4n) is 3.02. The molecule has 19 heavy (non-hydrogen) atoms. The highest BCUT2D eigenvalue weighted by Crippen LogP contribution is 2.28. The van der Waals surface area contributed by atoms with Crippen LogP contribution in [0.2, 0.25) is 0 Å². The monoisotopic (exact) mass is 265 g/mol. The summed E-state index contributed by atoms with van der Waals surface area (Å²) in [6.45, 7) is 1.50. The van der Waals surface area contributed by atoms with Gasteiger partial charge in [-0.3, -0.25) is 4.79 Å². The summed E-state index contributed by atoms with van der Waals surface area (Å²) >= 11 is 0. The number of nitrogens with two attached hydrogens (primary N) is 1. The molecule has 3 rings (SSSR count). The van der Waals surface area contributed by atoms with Crippen LogP contribution in [0, 0.1) is 0 Å². The Hall–Kier alpha value is -1.63. The molecule has 1 amide bonds. The average Bonchev–Trinajstić information content (AvgIpc) is 2.83. The summed E-state index contributed by atoms with van der Waals surface area (Å²) in [5, 5.41) is 3.95. The minimum absolute atomic E-state index is 0.0742. The van der Waals surface area contributed by atoms with Gasteiger partial charge in [-0.05, 0) is 12.8 Å². The van der Waals surface area contributed by atoms with E-state index >= 15 is 0 Å². The van der Waals surface area contributed by atoms with Crippen molar-refractivity contribution in [1.82, 2.24) is 19.7 Å². The molecule has 1 saturated carbocycles. The predicted molar refractivity (Wildman–Crippen MR) is 68.1 cm³/mol. The van der Waals surface area contributed by atoms with Crippen LogP contribution in [0.25, 0.3) is 0 Å². The number of hydrogen-bond donors (Lipinski definition) is 1. The molecule has 1 aromatic rings. The van der Waals surface area contributed by atoms with E-state index in [0.29, 0.717) is 13.2 Å². The number of aromatic nitrogens is 3. The van der Waals surface area contributed by atoms with Gasteiger partial charge >= 0.3 is 0 Å². The van der Waals surface area contributed by atoms with Crippen molar-refractivity contribution in [3.63, 3.8) is 0 Å². The van der Waals surface area contributed by atoms with Crippen molar-refractivity contribution < 1.29 is 9.53 Å². The molecular weight excluding hydrogens is 246 g/mol. The maximum atomic E-state index is 12.4. The van der Waals surface area contributed by atoms with Crippen LogP contribution in [-0.2, 0) is 16.1 Å². The molecule has 0 radical (unpaired) electrons. The molecule has 0 spiro atoms. The molecule has 2 unspecified atom stereocenters. The predicted octanol–water partition coefficient (Wildman–Crippen LogP) is 0.0303. The van der Waals surface area contributed by atoms with Gasteiger partial charge in [-0.25, -0.2) is 9.67 Å². The van der Waals surface area contributed by atoms with Crippen LogP contribution in [0.4, 0.5) is 5.95 Å². The van der Waals surface area contributed by atoms with Crippen LogP contribution in [-0.4, -0.2) is 50.9 Å². The maximum Gasteiger partial charge on any atom is 0.244 e. The number of carbonyl (C=O) groups excluding carboxylic acids is 1. The molecule has 0 aromatic carbocycles. The third kappa shape index (κ3) is 2.56. The maximum absolute atomic E-state index is 12.4. The molecule has 1 saturated heterocycles. The number of nitrogen functional groups attached to an aromatic ring is 1. The molecule has 1 aliphatic heterocycles. The second-order valence-corrected chi connectivity index (χ2v) is 5.15. The SMILES string of the molecule is Nc1ncn(CC(=O)N2CCOC3CCCCC32)n1. The van der Waals surface area contributed by atoms with Crippen molar-refractivity contribution in [2.24, 2.45) is 0 Å². The quantitative estimate of drug-likeness (QED) is 0.815. The molecule has 7 nitrogen and oxygen atoms in total. The van der Waals surface area contributed by atoms with Crippen LogP contribution in [0.15, 0.2) is 6.33 Å². The zero-order valence-corrected chi connectivity index (χ0v) is 10.9. The molecule has 0 bridgehead atoms. The number of fused-ring (bicyclic) bond motifs is 1. The molecule has 7 heteroatoms. The number of nitrogens with zero attached hydrogens (tertiary/aromatic N) is 4. The summed E-state index contributed by atoms with van der Waals surface area (Å²) < 4.78 is 7.26. The number of morpholine rings is 1. The lowest BCUT2D eigenvalue weighted by molar-refractivity contribution is -0.150. The van der Waals surface area contributed by atoms with E-state index in [4.69, 9.17) is 10.5 Å². The van der Waals surface area contributed by atoms with Gasteiger partial charge in [0.2, 0.25) is 11.9 Å². The number of hydrogen-bond acceptors (Lipinski definition) is 5. The van der Waals surface area contributed by atoms with Gasteiger partial charge in [-0.2, -0.15) is 0 Å². The van der Waals surface area contributed by atoms with Gasteiger partial charge in [0.25, 0.3) is 0 Å². The summed E-state index contributed by atoms with van der Waals surface area (Å²) in [6.07, 6.45) is 6.17. The van der Waals surface area contributed by atoms with E-state index in [1.807, 2.05) is 4.90 Å². The number of ether oxygens (including phenoxy) is 1. The van der Waals surface area contributed by atoms with Crippen LogP contribution in [0.1, 0.15) is 25.7 Å². The van der Waals surface area contributed by atoms with Crippen LogP contribution < -0.4 is 5.73 Å². The molecule has 2 N–H and O–H groups in total. The summed E-state index contributed by atoms with van der Waals surface area (Å²) in [4.78, 5) is 18.2. The first-order valence-corrected chi connectivity index (χ1v) is 6.80. The standard InChI is InChI=1S/C12H19N5O2/c13-12-14-8-16(15-12)7-11(18)17-5-6-19-10-4-2-1-3-9(10)17/h8-10H,1-7H2,(H2,13,15). The smallest absolute Gasteiger partial charge is 0.244 e. The van der Waals surface area contributed by atoms with Crippen molar-refractivity contribution in [3.8, 4) is 0 Å². The largest absolute Gasteiger partial charge is 0.374 e. The van der Waals surface area contributed by atoms with Gasteiger partial charge in [0, 0.05) is 6.54 Å². The Kier molecular flexibility index (Phi) is 3.37. The molecule has 2 atom stereocenters. The van der Waals surface area contributed by atoms with Crippen molar-refractivity contribution in [3.05, 3.63) is 6.33 Å². The van der Waals surface area contributed by atoms with Gasteiger partial charge in [0.1, 0.15) is 12.9 Å². The lowest BCUT2D eigenvalue weighted by Crippen LogP contribution is -2.55. The summed E-state index contributed by atoms with van der Waals surface area (Å²) in [7, 11) is 0. The zero-order valence-electron chi connectivity index (χ0n) is 10.9. The minimum atomic E-state index is 0.0742. The number of carbonyl (C=O) groups is 1. The van der Waals surface area contributed by atoms with Crippen LogP contribution in [0.5, 0.6) is 0 Å². The van der Waals surface area contributed by atoms with Crippen LogP contribution in [0.3, 0.4) is 0 Å². The third-order valence-corrected chi connectivity index (χ3v) is 3.90. The average molecular weight is 265 g/mol. The molecule has 2 aliphatic rings. The van der Waals surface area contributed by atoms with E-state index in [2.05, 4.69) is 10.1 Å². The first-order chi connectivity index (χ1) is 9.24. The van der Waals surface area contributed by atoms with E-state index in [9.17, 15) is 4.79 Å². The Bertz CT molecular complexity index is 459. The fourth-order valence-corrected chi connectivity index (χ4v) is 3.02. The first-order valence-electron chi connectivity index (χ1n) is 6.80. The Morgan fingerprint density at radius 3 is 3.11 bits per heavy atom. The van der Waals surface area contributed by atoms with Crippen molar-refractivity contribution in [2.45, 2.75) is 44.4 Å². The third-order valence-electron chi connectivity index (χ3n) is 3.90. The summed E-state index contributed by atoms with van der Waals surface area (Å²) in [5.74, 6) is 0.274. The van der Waals surface area contributed by atoms with Crippen LogP contribution >= 0.6 is 0 Å². The molecule has 2 fully saturated rings. The lowest BCUT2D eigenvalue weighted by atomic mass is 9.90. The number of rotatable bonds is 2. The second kappa shape index (κ2) is 5.16. The number of amides is 1. The van der Waals surface area contributed by atoms with Crippen molar-refractivity contribution in [1.29, 1.82) is 0 Å². The molecule has 1 aromatic heterocycles. The van der Waals surface area contributed by atoms with Gasteiger partial charge in [0.05, 0.1) is 18.8 Å². The highest BCUT2D eigenvalue weighted by atomic mass is 16.5. The Labute approximate surface area is 111 Å². The highest BCUT2D eigenvalue weighted by Gasteiger charge is 2.36. The lowest BCUT2D eigenvalue weighted by Gasteiger charge is -2.43. The van der Waals surface area contributed by atoms with Crippen molar-refractivity contribution in [2.75, 3.05) is 18.9 Å². The van der Waals surface area contributed by atoms with Crippen molar-refractivity contribution >= 4 is 11.9 Å². The van der Waals surface area contributed by atoms with E-state index in [-0.39, 0.29) is 30.5 Å². The van der Waals surface area contributed by atoms with E-state index < -0.39 is 0 Å². The van der Waals surface area contributed by atoms with Gasteiger partial charge in [-0.15, -0.1) is 5.10 Å². The first kappa shape index (κ1) is 12.4. The molecule has 1 aliphatic carbocycles. The Balaban J connectivity index is 1.67. The van der Waals surface area contributed by atoms with E-state index in [1.165, 1.54) is 23.9 Å². The summed E-state index contributed by atoms with van der Waals surface area (Å²) in [6, 6.07) is 0.232. The van der Waals surface area contributed by atoms with E-state index in [1.54, 1.807) is 0 Å². The van der Waals surface area contributed by atoms with Gasteiger partial charge in [0.15, 0.2) is 0 Å². The Morgan fingerprint density at radius 2 is 2.32 bits per heavy atom. The Morgan fingerprint density at radius 1 is 1.47 bits per heavy atom. The summed E-state index contributed by atoms with van der Waals surface area (Å²) in [5.41, 5.74) is 5.45. The highest BCUT2D eigenvalue weighted by molar-refractivity contribution is 5.76. The van der Waals surface area contributed by atoms with Gasteiger partial charge < -0.3 is 15.4 Å². The molecule has 2 heterocycles. The van der Waals surface area contributed by atoms with Gasteiger partial charge in [-0.1, -0.05) is 12.8 Å². The second-order valence-electron chi connectivity index (χ2n) is 5.15. The fraction of sp³-hybridized carbons (Fsp3) is 0.750. The van der Waals surface area contributed by atoms with E-state index in [0.717, 1.165) is 12.8 Å². The topological polar surface area (TPSA) is 86.3 Å². The molecule has 104 valence electrons. The normalized spacial score (nSPS) is 27.1.